The minimum atomic E-state index is -4.88. The number of hydrogen-bond donors (Lipinski definition) is 4. The van der Waals surface area contributed by atoms with Crippen molar-refractivity contribution in [3.63, 3.8) is 0 Å². The van der Waals surface area contributed by atoms with Crippen LogP contribution in [0.4, 0.5) is 18.9 Å². The van der Waals surface area contributed by atoms with Gasteiger partial charge in [0.2, 0.25) is 0 Å². The van der Waals surface area contributed by atoms with Crippen LogP contribution >= 0.6 is 11.6 Å². The van der Waals surface area contributed by atoms with E-state index in [-0.39, 0.29) is 46.1 Å². The number of amides is 2. The third-order valence-corrected chi connectivity index (χ3v) is 6.74. The molecule has 5 rings (SSSR count). The zero-order valence-corrected chi connectivity index (χ0v) is 22.2. The van der Waals surface area contributed by atoms with Gasteiger partial charge >= 0.3 is 6.18 Å². The summed E-state index contributed by atoms with van der Waals surface area (Å²) in [5, 5.41) is 22.6. The lowest BCUT2D eigenvalue weighted by atomic mass is 10.1. The van der Waals surface area contributed by atoms with Gasteiger partial charge in [-0.05, 0) is 23.8 Å². The topological polar surface area (TPSA) is 175 Å². The van der Waals surface area contributed by atoms with Gasteiger partial charge in [-0.3, -0.25) is 24.8 Å². The maximum Gasteiger partial charge on any atom is 0.435 e. The lowest BCUT2D eigenvalue weighted by Gasteiger charge is -2.27. The number of nitrogens with zero attached hydrogens (tertiary/aromatic N) is 5. The molecule has 0 unspecified atom stereocenters. The molecule has 1 aliphatic heterocycles. The van der Waals surface area contributed by atoms with Crippen molar-refractivity contribution < 1.29 is 27.7 Å². The Hall–Kier alpha value is -4.83. The molecule has 3 aromatic heterocycles. The molecule has 4 aromatic rings. The summed E-state index contributed by atoms with van der Waals surface area (Å²) in [6.45, 7) is 2.50. The average molecular weight is 604 g/mol. The van der Waals surface area contributed by atoms with Gasteiger partial charge in [0.05, 0.1) is 44.4 Å². The van der Waals surface area contributed by atoms with Crippen molar-refractivity contribution in [1.82, 2.24) is 40.7 Å². The molecule has 1 aromatic carbocycles. The predicted octanol–water partition coefficient (Wildman–Crippen LogP) is 3.42. The zero-order valence-electron chi connectivity index (χ0n) is 21.5. The van der Waals surface area contributed by atoms with Crippen LogP contribution in [-0.2, 0) is 12.7 Å². The lowest BCUT2D eigenvalue weighted by molar-refractivity contribution is -0.385. The normalized spacial score (nSPS) is 13.7. The highest BCUT2D eigenvalue weighted by Crippen LogP contribution is 2.40. The van der Waals surface area contributed by atoms with Crippen LogP contribution < -0.4 is 10.6 Å². The maximum absolute atomic E-state index is 13.8. The molecule has 218 valence electrons. The Morgan fingerprint density at radius 3 is 2.52 bits per heavy atom. The molecule has 1 aliphatic rings. The highest BCUT2D eigenvalue weighted by Gasteiger charge is 2.39. The molecule has 2 amide bonds. The number of rotatable bonds is 7. The van der Waals surface area contributed by atoms with Gasteiger partial charge in [-0.25, -0.2) is 9.97 Å². The fraction of sp³-hybridized carbons (Fsp3) is 0.240. The number of imidazole rings is 1. The van der Waals surface area contributed by atoms with Gasteiger partial charge in [-0.15, -0.1) is 0 Å². The Labute approximate surface area is 239 Å². The monoisotopic (exact) mass is 603 g/mol. The summed E-state index contributed by atoms with van der Waals surface area (Å²) in [4.78, 5) is 47.8. The quantitative estimate of drug-likeness (QED) is 0.183. The fourth-order valence-corrected chi connectivity index (χ4v) is 4.63. The van der Waals surface area contributed by atoms with Gasteiger partial charge < -0.3 is 20.5 Å². The summed E-state index contributed by atoms with van der Waals surface area (Å²) in [6.07, 6.45) is -2.94. The van der Waals surface area contributed by atoms with Crippen molar-refractivity contribution in [2.75, 3.05) is 26.2 Å². The third-order valence-electron chi connectivity index (χ3n) is 6.43. The minimum Gasteiger partial charge on any atom is -0.345 e. The summed E-state index contributed by atoms with van der Waals surface area (Å²) in [7, 11) is 0. The molecular formula is C25H21ClF3N9O4. The van der Waals surface area contributed by atoms with Crippen molar-refractivity contribution in [2.45, 2.75) is 12.7 Å². The van der Waals surface area contributed by atoms with Gasteiger partial charge in [0.1, 0.15) is 6.20 Å². The van der Waals surface area contributed by atoms with E-state index in [0.717, 1.165) is 18.5 Å². The van der Waals surface area contributed by atoms with E-state index in [2.05, 4.69) is 35.8 Å². The second-order valence-corrected chi connectivity index (χ2v) is 9.57. The summed E-state index contributed by atoms with van der Waals surface area (Å²) >= 11 is 6.34. The maximum atomic E-state index is 13.8. The van der Waals surface area contributed by atoms with Crippen molar-refractivity contribution in [1.29, 1.82) is 0 Å². The second kappa shape index (κ2) is 11.6. The number of carbonyl (C=O) groups excluding carboxylic acids is 2. The number of piperazine rings is 1. The van der Waals surface area contributed by atoms with E-state index in [4.69, 9.17) is 11.6 Å². The first-order valence-corrected chi connectivity index (χ1v) is 12.8. The number of nitrogens with one attached hydrogen (secondary N) is 4. The average Bonchev–Trinajstić information content (AvgIpc) is 3.64. The molecule has 0 atom stereocenters. The van der Waals surface area contributed by atoms with Crippen LogP contribution in [-0.4, -0.2) is 73.0 Å². The van der Waals surface area contributed by atoms with E-state index in [1.807, 2.05) is 0 Å². The highest BCUT2D eigenvalue weighted by atomic mass is 35.5. The SMILES string of the molecule is O=C(NCc1ccc(C(=O)N2CCNCC2)c(Cl)c1)c1ncc(-c2c(C(F)(F)F)n[nH]c2-c2ccc([N+](=O)[O-])cn2)[nH]1. The van der Waals surface area contributed by atoms with E-state index < -0.39 is 28.3 Å². The van der Waals surface area contributed by atoms with E-state index >= 15 is 0 Å². The van der Waals surface area contributed by atoms with Crippen LogP contribution in [0.3, 0.4) is 0 Å². The number of alkyl halides is 3. The minimum absolute atomic E-state index is 0.00579. The Kier molecular flexibility index (Phi) is 7.91. The number of H-pyrrole nitrogens is 2. The Morgan fingerprint density at radius 1 is 1.12 bits per heavy atom. The first kappa shape index (κ1) is 28.7. The molecule has 42 heavy (non-hydrogen) atoms. The fourth-order valence-electron chi connectivity index (χ4n) is 4.35. The number of benzene rings is 1. The molecular weight excluding hydrogens is 583 g/mol. The molecule has 0 saturated carbocycles. The van der Waals surface area contributed by atoms with E-state index in [0.29, 0.717) is 37.3 Å². The number of pyridine rings is 1. The summed E-state index contributed by atoms with van der Waals surface area (Å²) in [5.41, 5.74) is -1.60. The first-order chi connectivity index (χ1) is 20.0. The van der Waals surface area contributed by atoms with Crippen LogP contribution in [0.15, 0.2) is 42.7 Å². The van der Waals surface area contributed by atoms with Gasteiger partial charge in [-0.1, -0.05) is 17.7 Å². The largest absolute Gasteiger partial charge is 0.435 e. The second-order valence-electron chi connectivity index (χ2n) is 9.16. The van der Waals surface area contributed by atoms with Crippen LogP contribution in [0, 0.1) is 10.1 Å². The number of nitro groups is 1. The van der Waals surface area contributed by atoms with Crippen molar-refractivity contribution in [3.05, 3.63) is 80.5 Å². The van der Waals surface area contributed by atoms with Gasteiger partial charge in [0.25, 0.3) is 17.5 Å². The van der Waals surface area contributed by atoms with Gasteiger partial charge in [0, 0.05) is 38.8 Å². The van der Waals surface area contributed by atoms with E-state index in [9.17, 15) is 32.9 Å². The number of aromatic nitrogens is 5. The summed E-state index contributed by atoms with van der Waals surface area (Å²) < 4.78 is 41.3. The van der Waals surface area contributed by atoms with Crippen LogP contribution in [0.25, 0.3) is 22.6 Å². The van der Waals surface area contributed by atoms with Crippen LogP contribution in [0.2, 0.25) is 5.02 Å². The van der Waals surface area contributed by atoms with Crippen molar-refractivity contribution in [3.8, 4) is 22.6 Å². The van der Waals surface area contributed by atoms with E-state index in [1.165, 1.54) is 6.07 Å². The molecule has 4 heterocycles. The smallest absolute Gasteiger partial charge is 0.345 e. The Bertz CT molecular complexity index is 1650. The first-order valence-electron chi connectivity index (χ1n) is 12.4. The van der Waals surface area contributed by atoms with E-state index in [1.54, 1.807) is 23.1 Å². The predicted molar refractivity (Wildman–Crippen MR) is 142 cm³/mol. The summed E-state index contributed by atoms with van der Waals surface area (Å²) in [6, 6.07) is 7.03. The van der Waals surface area contributed by atoms with Crippen LogP contribution in [0.1, 0.15) is 32.2 Å². The lowest BCUT2D eigenvalue weighted by Crippen LogP contribution is -2.46. The molecule has 4 N–H and O–H groups in total. The van der Waals surface area contributed by atoms with Gasteiger partial charge in [0.15, 0.2) is 11.5 Å². The molecule has 0 spiro atoms. The molecule has 13 nitrogen and oxygen atoms in total. The number of carbonyl (C=O) groups is 2. The molecule has 17 heteroatoms. The van der Waals surface area contributed by atoms with Gasteiger partial charge in [-0.2, -0.15) is 18.3 Å². The highest BCUT2D eigenvalue weighted by molar-refractivity contribution is 6.33. The molecule has 1 saturated heterocycles. The number of aromatic amines is 2. The zero-order chi connectivity index (χ0) is 30.0. The standard InChI is InChI=1S/C25H21ClF3N9O4/c26-16-9-13(1-3-15(16)24(40)37-7-5-30-6-8-37)10-33-23(39)22-32-12-18(34-22)19-20(35-36-21(19)25(27,28)29)17-4-2-14(11-31-17)38(41)42/h1-4,9,11-12,30H,5-8,10H2,(H,32,34)(H,33,39)(H,35,36). The number of halogens is 4. The summed E-state index contributed by atoms with van der Waals surface area (Å²) in [5.74, 6) is -1.19. The molecule has 0 bridgehead atoms. The third kappa shape index (κ3) is 5.94. The Morgan fingerprint density at radius 2 is 1.88 bits per heavy atom. The molecule has 1 fully saturated rings. The van der Waals surface area contributed by atoms with Crippen molar-refractivity contribution >= 4 is 29.1 Å². The number of hydrogen-bond acceptors (Lipinski definition) is 8. The van der Waals surface area contributed by atoms with Crippen molar-refractivity contribution in [2.24, 2.45) is 0 Å². The van der Waals surface area contributed by atoms with Crippen LogP contribution in [0.5, 0.6) is 0 Å². The Balaban J connectivity index is 1.33. The molecule has 0 aliphatic carbocycles. The molecule has 0 radical (unpaired) electrons.